The molecule has 2 aromatic carbocycles. The zero-order valence-corrected chi connectivity index (χ0v) is 23.5. The molecule has 0 aromatic heterocycles. The summed E-state index contributed by atoms with van der Waals surface area (Å²) < 4.78 is 23.0. The van der Waals surface area contributed by atoms with E-state index in [4.69, 9.17) is 0 Å². The number of benzene rings is 2. The first-order valence-electron chi connectivity index (χ1n) is 14.0. The minimum Gasteiger partial charge on any atom is -0.390 e. The summed E-state index contributed by atoms with van der Waals surface area (Å²) in [5.41, 5.74) is 2.94. The second-order valence-electron chi connectivity index (χ2n) is 10.7. The first-order valence-corrected chi connectivity index (χ1v) is 15.6. The Hall–Kier alpha value is -2.30. The Morgan fingerprint density at radius 1 is 1.11 bits per heavy atom. The summed E-state index contributed by atoms with van der Waals surface area (Å²) in [5.74, 6) is 0.0341. The van der Waals surface area contributed by atoms with Crippen LogP contribution in [0.2, 0.25) is 0 Å². The number of β-amino-alcohol motifs (C(OH)–C–C–N with tert-alkyl or cyclic N) is 1. The van der Waals surface area contributed by atoms with E-state index in [2.05, 4.69) is 22.9 Å². The van der Waals surface area contributed by atoms with E-state index >= 15 is 0 Å². The van der Waals surface area contributed by atoms with Gasteiger partial charge in [-0.2, -0.15) is 0 Å². The fourth-order valence-corrected chi connectivity index (χ4v) is 6.99. The zero-order valence-electron chi connectivity index (χ0n) is 22.7. The van der Waals surface area contributed by atoms with Crippen LogP contribution in [0, 0.1) is 0 Å². The van der Waals surface area contributed by atoms with Crippen molar-refractivity contribution in [3.05, 3.63) is 59.7 Å². The summed E-state index contributed by atoms with van der Waals surface area (Å²) in [7, 11) is -2.92. The molecule has 2 aromatic rings. The number of hydrogen-bond donors (Lipinski definition) is 6. The van der Waals surface area contributed by atoms with E-state index in [1.165, 1.54) is 0 Å². The normalized spacial score (nSPS) is 20.3. The molecule has 8 nitrogen and oxygen atoms in total. The highest BCUT2D eigenvalue weighted by Crippen LogP contribution is 2.50. The number of hydrogen-bond acceptors (Lipinski definition) is 7. The third-order valence-corrected chi connectivity index (χ3v) is 9.51. The number of aliphatic hydroxyl groups is 1. The molecule has 0 unspecified atom stereocenters. The van der Waals surface area contributed by atoms with Crippen LogP contribution in [0.5, 0.6) is 0 Å². The predicted molar refractivity (Wildman–Crippen MR) is 157 cm³/mol. The van der Waals surface area contributed by atoms with Crippen molar-refractivity contribution in [1.29, 1.82) is 0 Å². The van der Waals surface area contributed by atoms with Gasteiger partial charge in [0.2, 0.25) is 0 Å². The van der Waals surface area contributed by atoms with Crippen LogP contribution in [0.3, 0.4) is 0 Å². The molecule has 1 saturated heterocycles. The quantitative estimate of drug-likeness (QED) is 0.210. The van der Waals surface area contributed by atoms with Crippen molar-refractivity contribution in [2.24, 2.45) is 0 Å². The minimum absolute atomic E-state index is 0.129. The molecule has 6 N–H and O–H groups in total. The van der Waals surface area contributed by atoms with E-state index in [0.29, 0.717) is 43.1 Å². The van der Waals surface area contributed by atoms with Crippen LogP contribution in [-0.2, 0) is 6.42 Å². The second kappa shape index (κ2) is 12.7. The van der Waals surface area contributed by atoms with Crippen LogP contribution >= 0.6 is 10.8 Å². The first kappa shape index (κ1) is 28.7. The van der Waals surface area contributed by atoms with Crippen molar-refractivity contribution in [2.75, 3.05) is 35.0 Å². The van der Waals surface area contributed by atoms with Gasteiger partial charge in [-0.3, -0.25) is 18.2 Å². The topological polar surface area (TPSA) is 117 Å². The Morgan fingerprint density at radius 2 is 1.87 bits per heavy atom. The Morgan fingerprint density at radius 3 is 2.53 bits per heavy atom. The molecule has 4 rings (SSSR count). The Bertz CT molecular complexity index is 1060. The van der Waals surface area contributed by atoms with Gasteiger partial charge in [0.1, 0.15) is 0 Å². The number of amides is 1. The summed E-state index contributed by atoms with van der Waals surface area (Å²) in [6, 6.07) is 14.8. The van der Waals surface area contributed by atoms with Crippen LogP contribution in [0.4, 0.5) is 11.4 Å². The highest BCUT2D eigenvalue weighted by atomic mass is 32.3. The summed E-state index contributed by atoms with van der Waals surface area (Å²) >= 11 is 0. The van der Waals surface area contributed by atoms with Gasteiger partial charge < -0.3 is 21.1 Å². The van der Waals surface area contributed by atoms with E-state index in [9.17, 15) is 19.0 Å². The molecular weight excluding hydrogens is 500 g/mol. The Labute approximate surface area is 228 Å². The van der Waals surface area contributed by atoms with Gasteiger partial charge in [0.15, 0.2) is 0 Å². The van der Waals surface area contributed by atoms with E-state index in [-0.39, 0.29) is 11.4 Å². The van der Waals surface area contributed by atoms with Crippen LogP contribution in [0.25, 0.3) is 0 Å². The summed E-state index contributed by atoms with van der Waals surface area (Å²) in [4.78, 5) is 13.6. The van der Waals surface area contributed by atoms with Gasteiger partial charge >= 0.3 is 0 Å². The van der Waals surface area contributed by atoms with E-state index in [0.717, 1.165) is 49.8 Å². The molecule has 1 amide bonds. The number of carbonyl (C=O) groups is 1. The average Bonchev–Trinajstić information content (AvgIpc) is 3.67. The summed E-state index contributed by atoms with van der Waals surface area (Å²) in [6.45, 7) is 5.76. The van der Waals surface area contributed by atoms with Crippen LogP contribution in [0.1, 0.15) is 68.3 Å². The largest absolute Gasteiger partial charge is 0.390 e. The van der Waals surface area contributed by atoms with Gasteiger partial charge in [0.25, 0.3) is 5.91 Å². The van der Waals surface area contributed by atoms with E-state index in [1.807, 2.05) is 43.3 Å². The monoisotopic (exact) mass is 544 g/mol. The molecule has 1 aliphatic heterocycles. The maximum absolute atomic E-state index is 13.6. The number of nitrogens with zero attached hydrogens (tertiary/aromatic N) is 1. The first-order chi connectivity index (χ1) is 18.2. The van der Waals surface area contributed by atoms with E-state index in [1.54, 1.807) is 16.4 Å². The number of nitrogens with one attached hydrogen (secondary N) is 3. The standard InChI is InChI=1S/C29H44N4O4S/c1-3-12-29(13-14-29)31-21-27(34)26(17-22-10-6-5-7-11-22)32-28(35)23-18-24(30-4-2)20-25(19-23)33-15-8-9-16-38(33,36)37/h5-7,10-11,18-20,26-27,30-31,34,36-37H,3-4,8-9,12-17,21H2,1-2H3,(H,32,35)/t26-,27-/m0/s1. The predicted octanol–water partition coefficient (Wildman–Crippen LogP) is 5.01. The minimum atomic E-state index is -2.92. The molecule has 1 aliphatic carbocycles. The van der Waals surface area contributed by atoms with Crippen LogP contribution in [-0.4, -0.2) is 63.2 Å². The van der Waals surface area contributed by atoms with Crippen molar-refractivity contribution in [3.63, 3.8) is 0 Å². The lowest BCUT2D eigenvalue weighted by Gasteiger charge is -2.47. The summed E-state index contributed by atoms with van der Waals surface area (Å²) in [5, 5.41) is 21.2. The number of rotatable bonds is 13. The van der Waals surface area contributed by atoms with Gasteiger partial charge in [0, 0.05) is 36.4 Å². The lowest BCUT2D eigenvalue weighted by atomic mass is 9.99. The van der Waals surface area contributed by atoms with Gasteiger partial charge in [0.05, 0.1) is 23.6 Å². The maximum Gasteiger partial charge on any atom is 0.251 e. The molecule has 2 atom stereocenters. The highest BCUT2D eigenvalue weighted by molar-refractivity contribution is 8.25. The second-order valence-corrected chi connectivity index (χ2v) is 12.8. The lowest BCUT2D eigenvalue weighted by molar-refractivity contribution is 0.0821. The third-order valence-electron chi connectivity index (χ3n) is 7.58. The molecule has 2 aliphatic rings. The lowest BCUT2D eigenvalue weighted by Crippen LogP contribution is -2.50. The number of carbonyl (C=O) groups excluding carboxylic acids is 1. The Balaban J connectivity index is 1.55. The molecule has 1 saturated carbocycles. The van der Waals surface area contributed by atoms with Crippen molar-refractivity contribution >= 4 is 28.1 Å². The molecule has 1 heterocycles. The zero-order chi connectivity index (χ0) is 27.2. The third kappa shape index (κ3) is 7.42. The van der Waals surface area contributed by atoms with Crippen molar-refractivity contribution in [3.8, 4) is 0 Å². The van der Waals surface area contributed by atoms with Gasteiger partial charge in [-0.05, 0) is 69.2 Å². The molecule has 38 heavy (non-hydrogen) atoms. The van der Waals surface area contributed by atoms with Gasteiger partial charge in [-0.25, -0.2) is 0 Å². The number of anilines is 2. The SMILES string of the molecule is CCCC1(NC[C@H](O)[C@H](Cc2ccccc2)NC(=O)c2cc(NCC)cc(N3CCCCS3(O)O)c2)CC1. The van der Waals surface area contributed by atoms with Gasteiger partial charge in [-0.15, -0.1) is 10.8 Å². The fraction of sp³-hybridized carbons (Fsp3) is 0.552. The smallest absolute Gasteiger partial charge is 0.251 e. The number of aliphatic hydroxyl groups excluding tert-OH is 1. The fourth-order valence-electron chi connectivity index (χ4n) is 5.31. The molecule has 0 spiro atoms. The Kier molecular flexibility index (Phi) is 9.59. The van der Waals surface area contributed by atoms with Crippen LogP contribution in [0.15, 0.2) is 48.5 Å². The van der Waals surface area contributed by atoms with Crippen molar-refractivity contribution in [2.45, 2.75) is 76.5 Å². The average molecular weight is 545 g/mol. The summed E-state index contributed by atoms with van der Waals surface area (Å²) in [6.07, 6.45) is 5.80. The molecule has 210 valence electrons. The van der Waals surface area contributed by atoms with Crippen molar-refractivity contribution in [1.82, 2.24) is 10.6 Å². The highest BCUT2D eigenvalue weighted by Gasteiger charge is 2.41. The maximum atomic E-state index is 13.6. The van der Waals surface area contributed by atoms with Crippen molar-refractivity contribution < 1.29 is 19.0 Å². The molecule has 0 bridgehead atoms. The van der Waals surface area contributed by atoms with E-state index < -0.39 is 22.9 Å². The van der Waals surface area contributed by atoms with Gasteiger partial charge in [-0.1, -0.05) is 43.7 Å². The van der Waals surface area contributed by atoms with Crippen LogP contribution < -0.4 is 20.3 Å². The molecular formula is C29H44N4O4S. The molecule has 2 fully saturated rings. The molecule has 9 heteroatoms. The molecule has 0 radical (unpaired) electrons.